The zero-order valence-corrected chi connectivity index (χ0v) is 35.6. The highest BCUT2D eigenvalue weighted by Crippen LogP contribution is 2.43. The van der Waals surface area contributed by atoms with Crippen LogP contribution in [0.25, 0.3) is 0 Å². The predicted octanol–water partition coefficient (Wildman–Crippen LogP) is 11.5. The van der Waals surface area contributed by atoms with Crippen molar-refractivity contribution in [1.29, 1.82) is 0 Å². The number of quaternary nitrogens is 1. The maximum Gasteiger partial charge on any atom is 0.472 e. The molecule has 0 amide bonds. The zero-order valence-electron chi connectivity index (χ0n) is 34.7. The molecule has 0 saturated heterocycles. The fraction of sp³-hybridized carbons (Fsp3) is 0.682. The van der Waals surface area contributed by atoms with Gasteiger partial charge in [0.2, 0.25) is 0 Å². The lowest BCUT2D eigenvalue weighted by Gasteiger charge is -2.24. The molecule has 9 nitrogen and oxygen atoms in total. The first-order valence-corrected chi connectivity index (χ1v) is 22.2. The molecule has 54 heavy (non-hydrogen) atoms. The number of unbranched alkanes of at least 4 members (excludes halogenated alkanes) is 10. The number of allylic oxidation sites excluding steroid dienone is 12. The monoisotopic (exact) mass is 779 g/mol. The molecule has 10 heteroatoms. The average Bonchev–Trinajstić information content (AvgIpc) is 3.12. The normalized spacial score (nSPS) is 14.4. The van der Waals surface area contributed by atoms with Gasteiger partial charge in [0.25, 0.3) is 0 Å². The van der Waals surface area contributed by atoms with Crippen LogP contribution in [0, 0.1) is 0 Å². The first kappa shape index (κ1) is 51.5. The van der Waals surface area contributed by atoms with Crippen LogP contribution in [0.15, 0.2) is 72.9 Å². The molecule has 0 aromatic heterocycles. The first-order valence-electron chi connectivity index (χ1n) is 20.7. The van der Waals surface area contributed by atoms with E-state index in [1.165, 1.54) is 25.7 Å². The molecule has 0 aliphatic heterocycles. The van der Waals surface area contributed by atoms with Gasteiger partial charge in [-0.05, 0) is 64.2 Å². The van der Waals surface area contributed by atoms with Gasteiger partial charge in [-0.1, -0.05) is 138 Å². The maximum atomic E-state index is 12.6. The molecule has 0 aliphatic carbocycles. The van der Waals surface area contributed by atoms with Crippen molar-refractivity contribution in [2.45, 2.75) is 148 Å². The van der Waals surface area contributed by atoms with Crippen molar-refractivity contribution in [2.24, 2.45) is 0 Å². The average molecular weight is 779 g/mol. The van der Waals surface area contributed by atoms with E-state index in [1.807, 2.05) is 21.1 Å². The lowest BCUT2D eigenvalue weighted by Crippen LogP contribution is -2.37. The van der Waals surface area contributed by atoms with Crippen LogP contribution in [0.1, 0.15) is 142 Å². The molecule has 0 aromatic rings. The van der Waals surface area contributed by atoms with E-state index in [0.717, 1.165) is 83.5 Å². The van der Waals surface area contributed by atoms with Gasteiger partial charge >= 0.3 is 19.8 Å². The van der Waals surface area contributed by atoms with E-state index >= 15 is 0 Å². The molecule has 0 fully saturated rings. The second-order valence-corrected chi connectivity index (χ2v) is 16.1. The van der Waals surface area contributed by atoms with E-state index in [4.69, 9.17) is 18.5 Å². The molecule has 2 atom stereocenters. The summed E-state index contributed by atoms with van der Waals surface area (Å²) in [6.45, 7) is 4.20. The Morgan fingerprint density at radius 3 is 1.57 bits per heavy atom. The number of esters is 2. The van der Waals surface area contributed by atoms with Crippen LogP contribution < -0.4 is 0 Å². The van der Waals surface area contributed by atoms with Crippen molar-refractivity contribution in [2.75, 3.05) is 47.5 Å². The van der Waals surface area contributed by atoms with Crippen molar-refractivity contribution in [1.82, 2.24) is 0 Å². The van der Waals surface area contributed by atoms with E-state index in [-0.39, 0.29) is 32.0 Å². The Morgan fingerprint density at radius 2 is 1.06 bits per heavy atom. The van der Waals surface area contributed by atoms with Crippen molar-refractivity contribution >= 4 is 19.8 Å². The van der Waals surface area contributed by atoms with Crippen LogP contribution in [0.3, 0.4) is 0 Å². The van der Waals surface area contributed by atoms with E-state index in [1.54, 1.807) is 0 Å². The quantitative estimate of drug-likeness (QED) is 0.0220. The summed E-state index contributed by atoms with van der Waals surface area (Å²) >= 11 is 0. The minimum absolute atomic E-state index is 0.0231. The summed E-state index contributed by atoms with van der Waals surface area (Å²) in [6.07, 6.45) is 44.0. The number of hydrogen-bond acceptors (Lipinski definition) is 7. The molecule has 2 unspecified atom stereocenters. The number of phosphoric ester groups is 1. The summed E-state index contributed by atoms with van der Waals surface area (Å²) in [5.74, 6) is -0.842. The number of nitrogens with zero attached hydrogens (tertiary/aromatic N) is 1. The minimum atomic E-state index is -4.38. The van der Waals surface area contributed by atoms with Crippen LogP contribution in [0.4, 0.5) is 0 Å². The Kier molecular flexibility index (Phi) is 34.4. The Morgan fingerprint density at radius 1 is 0.593 bits per heavy atom. The van der Waals surface area contributed by atoms with Crippen molar-refractivity contribution in [3.8, 4) is 0 Å². The van der Waals surface area contributed by atoms with E-state index in [0.29, 0.717) is 17.4 Å². The lowest BCUT2D eigenvalue weighted by atomic mass is 10.1. The summed E-state index contributed by atoms with van der Waals surface area (Å²) in [7, 11) is 1.44. The van der Waals surface area contributed by atoms with Gasteiger partial charge in [-0.3, -0.25) is 18.6 Å². The number of phosphoric acid groups is 1. The summed E-state index contributed by atoms with van der Waals surface area (Å²) < 4.78 is 34.1. The number of hydrogen-bond donors (Lipinski definition) is 1. The standard InChI is InChI=1S/C44H76NO8P/c1-6-8-10-12-14-15-16-17-18-19-20-21-22-23-24-25-26-27-28-29-31-33-35-37-44(47)53-42(41-52-54(48,49)51-39-38-45(3,4)5)40-50-43(46)36-34-32-30-13-11-9-7-2/h8,10,14-15,17-18,20-21,23-24,26-27,42H,6-7,9,11-13,16,19,22,25,28-41H2,1-5H3/p+1/b10-8-,15-14-,18-17-,21-20-,24-23-,27-26-. The Balaban J connectivity index is 4.35. The van der Waals surface area contributed by atoms with E-state index in [2.05, 4.69) is 86.8 Å². The number of ether oxygens (including phenoxy) is 2. The molecule has 0 saturated carbocycles. The Bertz CT molecular complexity index is 1150. The van der Waals surface area contributed by atoms with Crippen LogP contribution in [-0.4, -0.2) is 74.9 Å². The molecule has 0 heterocycles. The smallest absolute Gasteiger partial charge is 0.462 e. The van der Waals surface area contributed by atoms with Crippen molar-refractivity contribution in [3.63, 3.8) is 0 Å². The Hall–Kier alpha value is -2.55. The minimum Gasteiger partial charge on any atom is -0.462 e. The molecule has 0 rings (SSSR count). The molecular formula is C44H77NO8P+. The topological polar surface area (TPSA) is 108 Å². The van der Waals surface area contributed by atoms with Crippen molar-refractivity contribution in [3.05, 3.63) is 72.9 Å². The molecule has 0 radical (unpaired) electrons. The first-order chi connectivity index (χ1) is 26.0. The highest BCUT2D eigenvalue weighted by Gasteiger charge is 2.27. The van der Waals surface area contributed by atoms with Gasteiger partial charge in [0.05, 0.1) is 27.7 Å². The molecule has 0 spiro atoms. The van der Waals surface area contributed by atoms with E-state index < -0.39 is 26.5 Å². The van der Waals surface area contributed by atoms with Crippen LogP contribution >= 0.6 is 7.82 Å². The number of carbonyl (C=O) groups excluding carboxylic acids is 2. The summed E-state index contributed by atoms with van der Waals surface area (Å²) in [5, 5.41) is 0. The third kappa shape index (κ3) is 39.2. The Labute approximate surface area is 329 Å². The molecule has 310 valence electrons. The summed E-state index contributed by atoms with van der Waals surface area (Å²) in [6, 6.07) is 0. The number of carbonyl (C=O) groups is 2. The fourth-order valence-electron chi connectivity index (χ4n) is 5.01. The third-order valence-electron chi connectivity index (χ3n) is 8.25. The second kappa shape index (κ2) is 36.1. The largest absolute Gasteiger partial charge is 0.472 e. The van der Waals surface area contributed by atoms with Gasteiger partial charge < -0.3 is 18.9 Å². The van der Waals surface area contributed by atoms with Crippen LogP contribution in [0.5, 0.6) is 0 Å². The summed E-state index contributed by atoms with van der Waals surface area (Å²) in [4.78, 5) is 35.1. The van der Waals surface area contributed by atoms with E-state index in [9.17, 15) is 19.0 Å². The predicted molar refractivity (Wildman–Crippen MR) is 224 cm³/mol. The highest BCUT2D eigenvalue weighted by atomic mass is 31.2. The van der Waals surface area contributed by atoms with Gasteiger partial charge in [-0.25, -0.2) is 4.57 Å². The maximum absolute atomic E-state index is 12.6. The SMILES string of the molecule is CC/C=C\C/C=C\C/C=C\C/C=C\C/C=C\C/C=C\CCCCCCC(=O)OC(COC(=O)CCCCCCCCC)COP(=O)(O)OCC[N+](C)(C)C. The molecule has 0 aliphatic rings. The fourth-order valence-corrected chi connectivity index (χ4v) is 5.76. The molecular weight excluding hydrogens is 701 g/mol. The zero-order chi connectivity index (χ0) is 40.0. The van der Waals surface area contributed by atoms with Gasteiger partial charge in [-0.2, -0.15) is 0 Å². The number of rotatable bonds is 36. The third-order valence-corrected chi connectivity index (χ3v) is 9.24. The number of likely N-dealkylation sites (N-methyl/N-ethyl adjacent to an activating group) is 1. The van der Waals surface area contributed by atoms with Crippen molar-refractivity contribution < 1.29 is 42.1 Å². The lowest BCUT2D eigenvalue weighted by molar-refractivity contribution is -0.870. The van der Waals surface area contributed by atoms with Crippen LogP contribution in [-0.2, 0) is 32.7 Å². The summed E-state index contributed by atoms with van der Waals surface area (Å²) in [5.41, 5.74) is 0. The van der Waals surface area contributed by atoms with Gasteiger partial charge in [0, 0.05) is 12.8 Å². The van der Waals surface area contributed by atoms with Crippen LogP contribution in [0.2, 0.25) is 0 Å². The van der Waals surface area contributed by atoms with Gasteiger partial charge in [0.1, 0.15) is 19.8 Å². The van der Waals surface area contributed by atoms with Gasteiger partial charge in [-0.15, -0.1) is 0 Å². The highest BCUT2D eigenvalue weighted by molar-refractivity contribution is 7.47. The second-order valence-electron chi connectivity index (χ2n) is 14.6. The van der Waals surface area contributed by atoms with Gasteiger partial charge in [0.15, 0.2) is 6.10 Å². The molecule has 0 aromatic carbocycles. The molecule has 1 N–H and O–H groups in total. The molecule has 0 bridgehead atoms.